The fourth-order valence-electron chi connectivity index (χ4n) is 3.63. The van der Waals surface area contributed by atoms with Crippen molar-refractivity contribution in [3.05, 3.63) is 0 Å². The van der Waals surface area contributed by atoms with E-state index < -0.39 is 0 Å². The largest absolute Gasteiger partial charge is 0.355 e. The fourth-order valence-corrected chi connectivity index (χ4v) is 3.63. The average Bonchev–Trinajstić information content (AvgIpc) is 2.47. The van der Waals surface area contributed by atoms with Crippen LogP contribution >= 0.6 is 0 Å². The molecule has 1 amide bonds. The third-order valence-electron chi connectivity index (χ3n) is 4.74. The Kier molecular flexibility index (Phi) is 5.64. The topological polar surface area (TPSA) is 44.4 Å². The summed E-state index contributed by atoms with van der Waals surface area (Å²) in [5, 5.41) is 6.35. The summed E-state index contributed by atoms with van der Waals surface area (Å²) in [4.78, 5) is 14.7. The second-order valence-electron chi connectivity index (χ2n) is 5.95. The van der Waals surface area contributed by atoms with E-state index in [1.807, 2.05) is 6.92 Å². The number of piperazine rings is 1. The van der Waals surface area contributed by atoms with Crippen molar-refractivity contribution in [3.8, 4) is 0 Å². The van der Waals surface area contributed by atoms with Gasteiger partial charge in [0.2, 0.25) is 5.91 Å². The average molecular weight is 267 g/mol. The monoisotopic (exact) mass is 267 g/mol. The van der Waals surface area contributed by atoms with Gasteiger partial charge in [-0.05, 0) is 25.7 Å². The molecular weight excluding hydrogens is 238 g/mol. The van der Waals surface area contributed by atoms with Crippen LogP contribution in [0.3, 0.4) is 0 Å². The lowest BCUT2D eigenvalue weighted by Crippen LogP contribution is -2.61. The highest BCUT2D eigenvalue weighted by molar-refractivity contribution is 5.82. The molecule has 2 N–H and O–H groups in total. The Bertz CT molecular complexity index is 295. The molecule has 0 radical (unpaired) electrons. The van der Waals surface area contributed by atoms with Crippen LogP contribution < -0.4 is 10.6 Å². The molecule has 0 aromatic rings. The zero-order valence-electron chi connectivity index (χ0n) is 12.5. The van der Waals surface area contributed by atoms with Crippen LogP contribution in [0.5, 0.6) is 0 Å². The molecule has 2 aliphatic rings. The van der Waals surface area contributed by atoms with Crippen molar-refractivity contribution >= 4 is 5.91 Å². The van der Waals surface area contributed by atoms with Crippen molar-refractivity contribution in [2.24, 2.45) is 5.92 Å². The molecule has 1 saturated heterocycles. The van der Waals surface area contributed by atoms with E-state index in [2.05, 4.69) is 22.5 Å². The number of nitrogens with one attached hydrogen (secondary N) is 2. The van der Waals surface area contributed by atoms with Gasteiger partial charge in [-0.15, -0.1) is 0 Å². The summed E-state index contributed by atoms with van der Waals surface area (Å²) >= 11 is 0. The molecule has 2 fully saturated rings. The summed E-state index contributed by atoms with van der Waals surface area (Å²) in [7, 11) is 0. The van der Waals surface area contributed by atoms with E-state index in [1.165, 1.54) is 32.1 Å². The van der Waals surface area contributed by atoms with Gasteiger partial charge in [0.25, 0.3) is 0 Å². The zero-order chi connectivity index (χ0) is 13.7. The number of hydrogen-bond acceptors (Lipinski definition) is 3. The number of nitrogens with zero attached hydrogens (tertiary/aromatic N) is 1. The Morgan fingerprint density at radius 2 is 2.21 bits per heavy atom. The predicted octanol–water partition coefficient (Wildman–Crippen LogP) is 1.37. The molecule has 110 valence electrons. The lowest BCUT2D eigenvalue weighted by atomic mass is 9.82. The molecular formula is C15H29N3O. The first-order chi connectivity index (χ1) is 9.26. The SMILES string of the molecule is CCNC(=O)C1CNCCN1C1CCCC(CC)C1. The highest BCUT2D eigenvalue weighted by Crippen LogP contribution is 2.31. The van der Waals surface area contributed by atoms with Gasteiger partial charge in [-0.1, -0.05) is 26.2 Å². The Morgan fingerprint density at radius 3 is 2.95 bits per heavy atom. The fraction of sp³-hybridized carbons (Fsp3) is 0.933. The number of carbonyl (C=O) groups is 1. The molecule has 0 aromatic heterocycles. The number of rotatable bonds is 4. The van der Waals surface area contributed by atoms with Crippen LogP contribution in [0.2, 0.25) is 0 Å². The van der Waals surface area contributed by atoms with Crippen LogP contribution in [0, 0.1) is 5.92 Å². The van der Waals surface area contributed by atoms with Crippen molar-refractivity contribution in [1.29, 1.82) is 0 Å². The van der Waals surface area contributed by atoms with E-state index in [9.17, 15) is 4.79 Å². The number of likely N-dealkylation sites (N-methyl/N-ethyl adjacent to an activating group) is 1. The first kappa shape index (κ1) is 14.8. The van der Waals surface area contributed by atoms with Gasteiger partial charge < -0.3 is 10.6 Å². The van der Waals surface area contributed by atoms with Crippen LogP contribution in [-0.2, 0) is 4.79 Å². The number of hydrogen-bond donors (Lipinski definition) is 2. The highest BCUT2D eigenvalue weighted by atomic mass is 16.2. The highest BCUT2D eigenvalue weighted by Gasteiger charge is 2.35. The molecule has 1 heterocycles. The molecule has 4 nitrogen and oxygen atoms in total. The lowest BCUT2D eigenvalue weighted by Gasteiger charge is -2.43. The predicted molar refractivity (Wildman–Crippen MR) is 78.1 cm³/mol. The van der Waals surface area contributed by atoms with Gasteiger partial charge in [0.05, 0.1) is 0 Å². The van der Waals surface area contributed by atoms with Gasteiger partial charge in [-0.25, -0.2) is 0 Å². The summed E-state index contributed by atoms with van der Waals surface area (Å²) in [6.45, 7) is 7.86. The van der Waals surface area contributed by atoms with Gasteiger partial charge in [0.1, 0.15) is 6.04 Å². The second-order valence-corrected chi connectivity index (χ2v) is 5.95. The molecule has 4 heteroatoms. The molecule has 1 aliphatic carbocycles. The Balaban J connectivity index is 2.00. The van der Waals surface area contributed by atoms with Gasteiger partial charge >= 0.3 is 0 Å². The number of carbonyl (C=O) groups excluding carboxylic acids is 1. The van der Waals surface area contributed by atoms with Gasteiger partial charge in [0, 0.05) is 32.2 Å². The maximum atomic E-state index is 12.2. The molecule has 19 heavy (non-hydrogen) atoms. The van der Waals surface area contributed by atoms with E-state index in [1.54, 1.807) is 0 Å². The minimum absolute atomic E-state index is 0.0364. The summed E-state index contributed by atoms with van der Waals surface area (Å²) in [6, 6.07) is 0.655. The quantitative estimate of drug-likeness (QED) is 0.808. The van der Waals surface area contributed by atoms with Gasteiger partial charge in [0.15, 0.2) is 0 Å². The van der Waals surface area contributed by atoms with Crippen molar-refractivity contribution in [2.45, 2.75) is 58.0 Å². The van der Waals surface area contributed by atoms with Crippen LogP contribution in [0.4, 0.5) is 0 Å². The number of amides is 1. The van der Waals surface area contributed by atoms with Crippen LogP contribution in [-0.4, -0.2) is 49.1 Å². The minimum Gasteiger partial charge on any atom is -0.355 e. The minimum atomic E-state index is 0.0364. The summed E-state index contributed by atoms with van der Waals surface area (Å²) in [5.41, 5.74) is 0. The zero-order valence-corrected chi connectivity index (χ0v) is 12.5. The van der Waals surface area contributed by atoms with E-state index in [0.717, 1.165) is 32.1 Å². The van der Waals surface area contributed by atoms with Crippen molar-refractivity contribution in [2.75, 3.05) is 26.2 Å². The van der Waals surface area contributed by atoms with Crippen molar-refractivity contribution < 1.29 is 4.79 Å². The smallest absolute Gasteiger partial charge is 0.238 e. The lowest BCUT2D eigenvalue weighted by molar-refractivity contribution is -0.128. The molecule has 3 atom stereocenters. The Labute approximate surface area is 117 Å². The third-order valence-corrected chi connectivity index (χ3v) is 4.74. The maximum Gasteiger partial charge on any atom is 0.238 e. The van der Waals surface area contributed by atoms with E-state index in [0.29, 0.717) is 6.04 Å². The van der Waals surface area contributed by atoms with Crippen molar-refractivity contribution in [3.63, 3.8) is 0 Å². The molecule has 1 aliphatic heterocycles. The first-order valence-corrected chi connectivity index (χ1v) is 8.00. The van der Waals surface area contributed by atoms with Crippen molar-refractivity contribution in [1.82, 2.24) is 15.5 Å². The Morgan fingerprint density at radius 1 is 1.37 bits per heavy atom. The summed E-state index contributed by atoms with van der Waals surface area (Å²) in [6.07, 6.45) is 6.55. The van der Waals surface area contributed by atoms with E-state index >= 15 is 0 Å². The summed E-state index contributed by atoms with van der Waals surface area (Å²) < 4.78 is 0. The standard InChI is InChI=1S/C15H29N3O/c1-3-12-6-5-7-13(10-12)18-9-8-16-11-14(18)15(19)17-4-2/h12-14,16H,3-11H2,1-2H3,(H,17,19). The molecule has 0 aromatic carbocycles. The normalized spacial score (nSPS) is 33.1. The third kappa shape index (κ3) is 3.69. The van der Waals surface area contributed by atoms with Crippen LogP contribution in [0.15, 0.2) is 0 Å². The summed E-state index contributed by atoms with van der Waals surface area (Å²) in [5.74, 6) is 1.07. The second kappa shape index (κ2) is 7.25. The first-order valence-electron chi connectivity index (χ1n) is 8.00. The van der Waals surface area contributed by atoms with E-state index in [-0.39, 0.29) is 11.9 Å². The molecule has 1 saturated carbocycles. The van der Waals surface area contributed by atoms with E-state index in [4.69, 9.17) is 0 Å². The molecule has 3 unspecified atom stereocenters. The Hall–Kier alpha value is -0.610. The maximum absolute atomic E-state index is 12.2. The molecule has 2 rings (SSSR count). The molecule has 0 bridgehead atoms. The molecule has 0 spiro atoms. The van der Waals surface area contributed by atoms with Gasteiger partial charge in [-0.3, -0.25) is 9.69 Å². The van der Waals surface area contributed by atoms with Crippen LogP contribution in [0.1, 0.15) is 46.0 Å². The van der Waals surface area contributed by atoms with Gasteiger partial charge in [-0.2, -0.15) is 0 Å². The van der Waals surface area contributed by atoms with Crippen LogP contribution in [0.25, 0.3) is 0 Å².